The van der Waals surface area contributed by atoms with Crippen LogP contribution >= 0.6 is 35.6 Å². The Morgan fingerprint density at radius 1 is 0.967 bits per heavy atom. The molecule has 30 heavy (non-hydrogen) atoms. The Kier molecular flexibility index (Phi) is 13.3. The lowest BCUT2D eigenvalue weighted by atomic mass is 10.1. The number of benzene rings is 1. The molecule has 0 aliphatic heterocycles. The summed E-state index contributed by atoms with van der Waals surface area (Å²) in [6.07, 6.45) is 3.48. The average Bonchev–Trinajstić information content (AvgIpc) is 2.71. The van der Waals surface area contributed by atoms with Crippen molar-refractivity contribution >= 4 is 41.5 Å². The smallest absolute Gasteiger partial charge is 0.191 e. The molecule has 6 nitrogen and oxygen atoms in total. The van der Waals surface area contributed by atoms with E-state index in [0.29, 0.717) is 24.9 Å². The Hall–Kier alpha value is -1.74. The average molecular weight is 547 g/mol. The van der Waals surface area contributed by atoms with Crippen molar-refractivity contribution in [2.75, 3.05) is 32.8 Å². The summed E-state index contributed by atoms with van der Waals surface area (Å²) >= 11 is 5.83. The highest BCUT2D eigenvalue weighted by Crippen LogP contribution is 2.28. The molecule has 0 radical (unpaired) electrons. The Bertz CT molecular complexity index is 772. The van der Waals surface area contributed by atoms with Crippen molar-refractivity contribution in [1.82, 2.24) is 15.6 Å². The van der Waals surface area contributed by atoms with E-state index in [0.717, 1.165) is 49.0 Å². The van der Waals surface area contributed by atoms with Gasteiger partial charge in [-0.05, 0) is 62.9 Å². The van der Waals surface area contributed by atoms with Crippen LogP contribution in [0, 0.1) is 0 Å². The zero-order chi connectivity index (χ0) is 20.9. The monoisotopic (exact) mass is 546 g/mol. The maximum absolute atomic E-state index is 5.83. The third kappa shape index (κ3) is 9.38. The number of hydrogen-bond donors (Lipinski definition) is 2. The SMILES string of the molecule is CCNC(=NCCc1ccc(OCC)c(OCC)c1)NCCc1ccc(Cl)nc1.I. The van der Waals surface area contributed by atoms with Crippen LogP contribution in [-0.2, 0) is 12.8 Å². The molecule has 2 N–H and O–H groups in total. The molecule has 0 atom stereocenters. The van der Waals surface area contributed by atoms with Crippen LogP contribution < -0.4 is 20.1 Å². The summed E-state index contributed by atoms with van der Waals surface area (Å²) in [7, 11) is 0. The van der Waals surface area contributed by atoms with Crippen molar-refractivity contribution in [3.8, 4) is 11.5 Å². The largest absolute Gasteiger partial charge is 0.490 e. The van der Waals surface area contributed by atoms with Crippen LogP contribution in [0.15, 0.2) is 41.5 Å². The molecule has 0 amide bonds. The summed E-state index contributed by atoms with van der Waals surface area (Å²) in [4.78, 5) is 8.78. The molecule has 0 saturated heterocycles. The fraction of sp³-hybridized carbons (Fsp3) is 0.455. The lowest BCUT2D eigenvalue weighted by Crippen LogP contribution is -2.38. The van der Waals surface area contributed by atoms with Crippen molar-refractivity contribution in [2.24, 2.45) is 4.99 Å². The minimum absolute atomic E-state index is 0. The summed E-state index contributed by atoms with van der Waals surface area (Å²) in [6.45, 7) is 9.49. The van der Waals surface area contributed by atoms with Gasteiger partial charge in [-0.1, -0.05) is 23.7 Å². The topological polar surface area (TPSA) is 67.8 Å². The molecule has 0 spiro atoms. The van der Waals surface area contributed by atoms with Crippen LogP contribution in [0.5, 0.6) is 11.5 Å². The molecule has 1 aromatic carbocycles. The van der Waals surface area contributed by atoms with Gasteiger partial charge in [0.05, 0.1) is 13.2 Å². The summed E-state index contributed by atoms with van der Waals surface area (Å²) in [5.74, 6) is 2.39. The van der Waals surface area contributed by atoms with Crippen molar-refractivity contribution < 1.29 is 9.47 Å². The van der Waals surface area contributed by atoms with E-state index in [1.807, 2.05) is 38.1 Å². The molecular weight excluding hydrogens is 515 g/mol. The molecule has 0 aliphatic rings. The first-order chi connectivity index (χ1) is 14.2. The fourth-order valence-electron chi connectivity index (χ4n) is 2.77. The van der Waals surface area contributed by atoms with Crippen LogP contribution in [-0.4, -0.2) is 43.8 Å². The zero-order valence-electron chi connectivity index (χ0n) is 17.9. The van der Waals surface area contributed by atoms with Gasteiger partial charge in [-0.25, -0.2) is 4.98 Å². The summed E-state index contributed by atoms with van der Waals surface area (Å²) in [5, 5.41) is 7.15. The van der Waals surface area contributed by atoms with Gasteiger partial charge >= 0.3 is 0 Å². The van der Waals surface area contributed by atoms with Gasteiger partial charge in [0.2, 0.25) is 0 Å². The molecule has 0 unspecified atom stereocenters. The third-order valence-electron chi connectivity index (χ3n) is 4.12. The normalized spacial score (nSPS) is 10.9. The van der Waals surface area contributed by atoms with Crippen molar-refractivity contribution in [2.45, 2.75) is 33.6 Å². The number of guanidine groups is 1. The van der Waals surface area contributed by atoms with Crippen LogP contribution in [0.2, 0.25) is 5.15 Å². The molecular formula is C22H32ClIN4O2. The first-order valence-electron chi connectivity index (χ1n) is 10.2. The standard InChI is InChI=1S/C22H31ClN4O2.HI/c1-4-24-22(26-14-12-18-8-10-21(23)27-16-18)25-13-11-17-7-9-19(28-5-2)20(15-17)29-6-3;/h7-10,15-16H,4-6,11-14H2,1-3H3,(H2,24,25,26);1H. The maximum atomic E-state index is 5.83. The highest BCUT2D eigenvalue weighted by Gasteiger charge is 2.06. The molecule has 1 heterocycles. The molecule has 1 aromatic heterocycles. The zero-order valence-corrected chi connectivity index (χ0v) is 21.0. The molecule has 2 rings (SSSR count). The number of aromatic nitrogens is 1. The van der Waals surface area contributed by atoms with E-state index in [-0.39, 0.29) is 24.0 Å². The van der Waals surface area contributed by atoms with Crippen molar-refractivity contribution in [3.05, 3.63) is 52.8 Å². The van der Waals surface area contributed by atoms with E-state index in [4.69, 9.17) is 21.1 Å². The van der Waals surface area contributed by atoms with Gasteiger partial charge in [-0.15, -0.1) is 24.0 Å². The number of hydrogen-bond acceptors (Lipinski definition) is 4. The van der Waals surface area contributed by atoms with Crippen molar-refractivity contribution in [3.63, 3.8) is 0 Å². The van der Waals surface area contributed by atoms with Crippen LogP contribution in [0.25, 0.3) is 0 Å². The summed E-state index contributed by atoms with van der Waals surface area (Å²) < 4.78 is 11.3. The second kappa shape index (κ2) is 15.1. The number of halogens is 2. The number of nitrogens with zero attached hydrogens (tertiary/aromatic N) is 2. The number of nitrogens with one attached hydrogen (secondary N) is 2. The number of pyridine rings is 1. The maximum Gasteiger partial charge on any atom is 0.191 e. The van der Waals surface area contributed by atoms with E-state index in [2.05, 4.69) is 33.6 Å². The van der Waals surface area contributed by atoms with Gasteiger partial charge in [-0.3, -0.25) is 4.99 Å². The Balaban J connectivity index is 0.00000450. The summed E-state index contributed by atoms with van der Waals surface area (Å²) in [6, 6.07) is 9.87. The van der Waals surface area contributed by atoms with Gasteiger partial charge < -0.3 is 20.1 Å². The molecule has 2 aromatic rings. The number of aliphatic imine (C=N–C) groups is 1. The second-order valence-corrected chi connectivity index (χ2v) is 6.71. The predicted molar refractivity (Wildman–Crippen MR) is 135 cm³/mol. The highest BCUT2D eigenvalue weighted by molar-refractivity contribution is 14.0. The molecule has 8 heteroatoms. The molecule has 0 aliphatic carbocycles. The van der Waals surface area contributed by atoms with Gasteiger partial charge in [0.25, 0.3) is 0 Å². The lowest BCUT2D eigenvalue weighted by molar-refractivity contribution is 0.287. The predicted octanol–water partition coefficient (Wildman–Crippen LogP) is 4.49. The third-order valence-corrected chi connectivity index (χ3v) is 4.34. The van der Waals surface area contributed by atoms with E-state index >= 15 is 0 Å². The van der Waals surface area contributed by atoms with Gasteiger partial charge in [0.15, 0.2) is 17.5 Å². The van der Waals surface area contributed by atoms with Crippen LogP contribution in [0.4, 0.5) is 0 Å². The first kappa shape index (κ1) is 26.3. The fourth-order valence-corrected chi connectivity index (χ4v) is 2.88. The minimum atomic E-state index is 0. The molecule has 0 bridgehead atoms. The van der Waals surface area contributed by atoms with E-state index in [1.165, 1.54) is 5.56 Å². The first-order valence-corrected chi connectivity index (χ1v) is 10.5. The lowest BCUT2D eigenvalue weighted by Gasteiger charge is -2.13. The van der Waals surface area contributed by atoms with Crippen LogP contribution in [0.1, 0.15) is 31.9 Å². The Morgan fingerprint density at radius 2 is 1.70 bits per heavy atom. The van der Waals surface area contributed by atoms with Crippen LogP contribution in [0.3, 0.4) is 0 Å². The van der Waals surface area contributed by atoms with Crippen molar-refractivity contribution in [1.29, 1.82) is 0 Å². The number of rotatable bonds is 11. The van der Waals surface area contributed by atoms with Gasteiger partial charge in [0.1, 0.15) is 5.15 Å². The molecule has 0 fully saturated rings. The Morgan fingerprint density at radius 3 is 2.37 bits per heavy atom. The van der Waals surface area contributed by atoms with E-state index in [9.17, 15) is 0 Å². The van der Waals surface area contributed by atoms with Gasteiger partial charge in [0, 0.05) is 25.8 Å². The Labute approximate surface area is 201 Å². The highest BCUT2D eigenvalue weighted by atomic mass is 127. The van der Waals surface area contributed by atoms with Gasteiger partial charge in [-0.2, -0.15) is 0 Å². The molecule has 166 valence electrons. The minimum Gasteiger partial charge on any atom is -0.490 e. The quantitative estimate of drug-likeness (QED) is 0.188. The van der Waals surface area contributed by atoms with E-state index in [1.54, 1.807) is 6.20 Å². The summed E-state index contributed by atoms with van der Waals surface area (Å²) in [5.41, 5.74) is 2.30. The van der Waals surface area contributed by atoms with E-state index < -0.39 is 0 Å². The second-order valence-electron chi connectivity index (χ2n) is 6.32. The number of ether oxygens (including phenoxy) is 2. The molecule has 0 saturated carbocycles.